The largest absolute Gasteiger partial charge is 0.493 e. The molecular weight excluding hydrogens is 561 g/mol. The van der Waals surface area contributed by atoms with Gasteiger partial charge in [-0.1, -0.05) is 43.7 Å². The Hall–Kier alpha value is -4.12. The molecule has 9 nitrogen and oxygen atoms in total. The molecule has 0 radical (unpaired) electrons. The van der Waals surface area contributed by atoms with E-state index in [0.717, 1.165) is 34.0 Å². The third-order valence-corrected chi connectivity index (χ3v) is 8.51. The lowest BCUT2D eigenvalue weighted by molar-refractivity contribution is -0.140. The Bertz CT molecular complexity index is 1460. The van der Waals surface area contributed by atoms with Gasteiger partial charge in [-0.25, -0.2) is 12.8 Å². The van der Waals surface area contributed by atoms with Gasteiger partial charge in [-0.3, -0.25) is 13.9 Å². The minimum absolute atomic E-state index is 0.0818. The SMILES string of the molecule is CCCNC(=O)C(CC)N(Cc1ccc(C)cc1)C(=O)CN(c1ccc(F)cc1)S(=O)(=O)c1ccc(OC)c(OC)c1. The molecule has 226 valence electrons. The number of carbonyl (C=O) groups excluding carboxylic acids is 2. The fourth-order valence-electron chi connectivity index (χ4n) is 4.42. The van der Waals surface area contributed by atoms with Crippen molar-refractivity contribution < 1.29 is 31.9 Å². The maximum absolute atomic E-state index is 14.1. The van der Waals surface area contributed by atoms with Crippen LogP contribution in [0.25, 0.3) is 0 Å². The van der Waals surface area contributed by atoms with Crippen LogP contribution in [0.1, 0.15) is 37.8 Å². The normalized spacial score (nSPS) is 11.9. The van der Waals surface area contributed by atoms with Crippen LogP contribution in [0.5, 0.6) is 11.5 Å². The summed E-state index contributed by atoms with van der Waals surface area (Å²) in [5.74, 6) is -0.968. The zero-order valence-corrected chi connectivity index (χ0v) is 25.4. The first kappa shape index (κ1) is 32.4. The van der Waals surface area contributed by atoms with Crippen LogP contribution in [-0.2, 0) is 26.2 Å². The number of ether oxygens (including phenoxy) is 2. The molecule has 0 fully saturated rings. The number of hydrogen-bond donors (Lipinski definition) is 1. The van der Waals surface area contributed by atoms with Crippen molar-refractivity contribution >= 4 is 27.5 Å². The van der Waals surface area contributed by atoms with Gasteiger partial charge in [-0.05, 0) is 61.7 Å². The van der Waals surface area contributed by atoms with Crippen LogP contribution < -0.4 is 19.1 Å². The number of benzene rings is 3. The molecule has 3 aromatic rings. The van der Waals surface area contributed by atoms with Gasteiger partial charge in [-0.15, -0.1) is 0 Å². The Balaban J connectivity index is 2.08. The standard InChI is InChI=1S/C31H38FN3O6S/c1-6-18-33-31(37)27(7-2)34(20-23-10-8-22(3)9-11-23)30(36)21-35(25-14-12-24(32)13-15-25)42(38,39)26-16-17-28(40-4)29(19-26)41-5/h8-17,19,27H,6-7,18,20-21H2,1-5H3,(H,33,37). The van der Waals surface area contributed by atoms with E-state index in [9.17, 15) is 22.4 Å². The molecule has 3 rings (SSSR count). The second-order valence-electron chi connectivity index (χ2n) is 9.73. The van der Waals surface area contributed by atoms with Crippen LogP contribution >= 0.6 is 0 Å². The first-order chi connectivity index (χ1) is 20.0. The van der Waals surface area contributed by atoms with Gasteiger partial charge in [0.25, 0.3) is 10.0 Å². The van der Waals surface area contributed by atoms with Gasteiger partial charge in [0, 0.05) is 19.2 Å². The number of aryl methyl sites for hydroxylation is 1. The summed E-state index contributed by atoms with van der Waals surface area (Å²) in [6.45, 7) is 5.56. The van der Waals surface area contributed by atoms with Gasteiger partial charge < -0.3 is 19.7 Å². The molecule has 0 saturated heterocycles. The first-order valence-electron chi connectivity index (χ1n) is 13.7. The molecule has 0 heterocycles. The van der Waals surface area contributed by atoms with Crippen molar-refractivity contribution in [2.24, 2.45) is 0 Å². The summed E-state index contributed by atoms with van der Waals surface area (Å²) in [6.07, 6.45) is 1.03. The van der Waals surface area contributed by atoms with E-state index in [1.807, 2.05) is 38.1 Å². The Morgan fingerprint density at radius 3 is 2.14 bits per heavy atom. The van der Waals surface area contributed by atoms with Crippen molar-refractivity contribution in [2.45, 2.75) is 51.1 Å². The lowest BCUT2D eigenvalue weighted by atomic mass is 10.1. The van der Waals surface area contributed by atoms with Crippen LogP contribution in [0.4, 0.5) is 10.1 Å². The topological polar surface area (TPSA) is 105 Å². The summed E-state index contributed by atoms with van der Waals surface area (Å²) in [5, 5.41) is 2.85. The average molecular weight is 600 g/mol. The quantitative estimate of drug-likeness (QED) is 0.289. The molecule has 1 unspecified atom stereocenters. The summed E-state index contributed by atoms with van der Waals surface area (Å²) in [5.41, 5.74) is 1.90. The zero-order valence-electron chi connectivity index (χ0n) is 24.6. The minimum Gasteiger partial charge on any atom is -0.493 e. The third kappa shape index (κ3) is 7.79. The van der Waals surface area contributed by atoms with Crippen molar-refractivity contribution in [2.75, 3.05) is 31.6 Å². The number of methoxy groups -OCH3 is 2. The van der Waals surface area contributed by atoms with Crippen LogP contribution in [0.2, 0.25) is 0 Å². The van der Waals surface area contributed by atoms with Crippen LogP contribution in [0.3, 0.4) is 0 Å². The highest BCUT2D eigenvalue weighted by Crippen LogP contribution is 2.32. The third-order valence-electron chi connectivity index (χ3n) is 6.75. The molecule has 2 amide bonds. The van der Waals surface area contributed by atoms with Gasteiger partial charge in [0.2, 0.25) is 11.8 Å². The first-order valence-corrected chi connectivity index (χ1v) is 15.1. The molecule has 0 spiro atoms. The maximum atomic E-state index is 14.1. The number of nitrogens with zero attached hydrogens (tertiary/aromatic N) is 2. The van der Waals surface area contributed by atoms with Crippen molar-refractivity contribution in [3.63, 3.8) is 0 Å². The maximum Gasteiger partial charge on any atom is 0.264 e. The van der Waals surface area contributed by atoms with Crippen molar-refractivity contribution in [1.82, 2.24) is 10.2 Å². The van der Waals surface area contributed by atoms with E-state index in [1.165, 1.54) is 49.5 Å². The summed E-state index contributed by atoms with van der Waals surface area (Å²) in [7, 11) is -1.56. The highest BCUT2D eigenvalue weighted by molar-refractivity contribution is 7.92. The van der Waals surface area contributed by atoms with Gasteiger partial charge in [-0.2, -0.15) is 0 Å². The molecular formula is C31H38FN3O6S. The molecule has 0 aliphatic rings. The predicted octanol–water partition coefficient (Wildman–Crippen LogP) is 4.68. The van der Waals surface area contributed by atoms with Gasteiger partial charge in [0.05, 0.1) is 24.8 Å². The molecule has 3 aromatic carbocycles. The lowest BCUT2D eigenvalue weighted by Crippen LogP contribution is -2.52. The highest BCUT2D eigenvalue weighted by Gasteiger charge is 2.34. The fourth-order valence-corrected chi connectivity index (χ4v) is 5.85. The number of halogens is 1. The number of sulfonamides is 1. The number of rotatable bonds is 14. The summed E-state index contributed by atoms with van der Waals surface area (Å²) < 4.78 is 53.4. The van der Waals surface area contributed by atoms with Crippen molar-refractivity contribution in [3.8, 4) is 11.5 Å². The molecule has 0 saturated carbocycles. The van der Waals surface area contributed by atoms with E-state index in [0.29, 0.717) is 18.7 Å². The van der Waals surface area contributed by atoms with Gasteiger partial charge in [0.15, 0.2) is 11.5 Å². The fraction of sp³-hybridized carbons (Fsp3) is 0.355. The Morgan fingerprint density at radius 2 is 1.57 bits per heavy atom. The van der Waals surface area contributed by atoms with Crippen molar-refractivity contribution in [1.29, 1.82) is 0 Å². The monoisotopic (exact) mass is 599 g/mol. The van der Waals surface area contributed by atoms with Gasteiger partial charge in [0.1, 0.15) is 18.4 Å². The molecule has 0 bridgehead atoms. The number of amides is 2. The van der Waals surface area contributed by atoms with E-state index in [-0.39, 0.29) is 28.8 Å². The lowest BCUT2D eigenvalue weighted by Gasteiger charge is -2.33. The zero-order chi connectivity index (χ0) is 30.9. The summed E-state index contributed by atoms with van der Waals surface area (Å²) in [4.78, 5) is 28.5. The van der Waals surface area contributed by atoms with Crippen LogP contribution in [0.15, 0.2) is 71.6 Å². The van der Waals surface area contributed by atoms with E-state index in [4.69, 9.17) is 9.47 Å². The molecule has 1 atom stereocenters. The second kappa shape index (κ2) is 14.7. The minimum atomic E-state index is -4.37. The Morgan fingerprint density at radius 1 is 0.929 bits per heavy atom. The van der Waals surface area contributed by atoms with E-state index < -0.39 is 34.3 Å². The smallest absolute Gasteiger partial charge is 0.264 e. The molecule has 1 N–H and O–H groups in total. The number of nitrogens with one attached hydrogen (secondary N) is 1. The molecule has 0 aliphatic carbocycles. The predicted molar refractivity (Wildman–Crippen MR) is 160 cm³/mol. The van der Waals surface area contributed by atoms with E-state index >= 15 is 0 Å². The number of hydrogen-bond acceptors (Lipinski definition) is 6. The van der Waals surface area contributed by atoms with E-state index in [1.54, 1.807) is 6.92 Å². The molecule has 0 aliphatic heterocycles. The molecule has 42 heavy (non-hydrogen) atoms. The summed E-state index contributed by atoms with van der Waals surface area (Å²) >= 11 is 0. The molecule has 11 heteroatoms. The second-order valence-corrected chi connectivity index (χ2v) is 11.6. The number of anilines is 1. The Kier molecular flexibility index (Phi) is 11.3. The van der Waals surface area contributed by atoms with Crippen molar-refractivity contribution in [3.05, 3.63) is 83.7 Å². The highest BCUT2D eigenvalue weighted by atomic mass is 32.2. The number of carbonyl (C=O) groups is 2. The molecule has 0 aromatic heterocycles. The summed E-state index contributed by atoms with van der Waals surface area (Å²) in [6, 6.07) is 15.6. The van der Waals surface area contributed by atoms with Crippen LogP contribution in [-0.4, -0.2) is 58.5 Å². The van der Waals surface area contributed by atoms with Crippen LogP contribution in [0, 0.1) is 12.7 Å². The average Bonchev–Trinajstić information content (AvgIpc) is 2.99. The Labute approximate surface area is 247 Å². The van der Waals surface area contributed by atoms with Gasteiger partial charge >= 0.3 is 0 Å². The van der Waals surface area contributed by atoms with E-state index in [2.05, 4.69) is 5.32 Å².